The highest BCUT2D eigenvalue weighted by Crippen LogP contribution is 2.36. The molecular formula is C13H18ClN3OS. The van der Waals surface area contributed by atoms with Gasteiger partial charge in [-0.2, -0.15) is 0 Å². The number of nitrogens with two attached hydrogens (primary N) is 1. The van der Waals surface area contributed by atoms with E-state index in [0.29, 0.717) is 17.7 Å². The number of rotatable bonds is 3. The van der Waals surface area contributed by atoms with E-state index in [2.05, 4.69) is 10.2 Å². The van der Waals surface area contributed by atoms with E-state index in [9.17, 15) is 0 Å². The second-order valence-electron chi connectivity index (χ2n) is 4.88. The second-order valence-corrected chi connectivity index (χ2v) is 5.82. The smallest absolute Gasteiger partial charge is 0.257 e. The Morgan fingerprint density at radius 1 is 1.26 bits per heavy atom. The van der Waals surface area contributed by atoms with Crippen LogP contribution in [0.25, 0.3) is 10.8 Å². The molecule has 1 aliphatic carbocycles. The van der Waals surface area contributed by atoms with Crippen molar-refractivity contribution in [1.29, 1.82) is 0 Å². The van der Waals surface area contributed by atoms with Crippen LogP contribution in [-0.2, 0) is 0 Å². The van der Waals surface area contributed by atoms with Gasteiger partial charge < -0.3 is 10.2 Å². The lowest BCUT2D eigenvalue weighted by Gasteiger charge is -2.25. The molecule has 0 aromatic carbocycles. The molecule has 1 saturated carbocycles. The van der Waals surface area contributed by atoms with Crippen LogP contribution in [0, 0.1) is 5.92 Å². The van der Waals surface area contributed by atoms with E-state index in [1.54, 1.807) is 11.3 Å². The third kappa shape index (κ3) is 3.16. The SMILES string of the molecule is Cl.NCC1CCC(c2nnc(-c3cccs3)o2)CC1. The molecule has 4 nitrogen and oxygen atoms in total. The predicted octanol–water partition coefficient (Wildman–Crippen LogP) is 3.45. The molecule has 0 saturated heterocycles. The van der Waals surface area contributed by atoms with Crippen LogP contribution in [0.4, 0.5) is 0 Å². The molecule has 1 aliphatic rings. The first-order chi connectivity index (χ1) is 8.86. The topological polar surface area (TPSA) is 64.9 Å². The molecule has 0 aliphatic heterocycles. The summed E-state index contributed by atoms with van der Waals surface area (Å²) in [6.45, 7) is 0.803. The van der Waals surface area contributed by atoms with Gasteiger partial charge in [-0.3, -0.25) is 0 Å². The standard InChI is InChI=1S/C13H17N3OS.ClH/c14-8-9-3-5-10(6-4-9)12-15-16-13(17-12)11-2-1-7-18-11;/h1-2,7,9-10H,3-6,8,14H2;1H. The average Bonchev–Trinajstić information content (AvgIpc) is 3.09. The fourth-order valence-electron chi connectivity index (χ4n) is 2.54. The van der Waals surface area contributed by atoms with Crippen LogP contribution in [0.3, 0.4) is 0 Å². The van der Waals surface area contributed by atoms with E-state index in [0.717, 1.165) is 30.2 Å². The molecule has 104 valence electrons. The van der Waals surface area contributed by atoms with Gasteiger partial charge in [-0.1, -0.05) is 6.07 Å². The van der Waals surface area contributed by atoms with Gasteiger partial charge in [0.05, 0.1) is 4.88 Å². The fraction of sp³-hybridized carbons (Fsp3) is 0.538. The summed E-state index contributed by atoms with van der Waals surface area (Å²) < 4.78 is 5.79. The molecule has 0 amide bonds. The van der Waals surface area contributed by atoms with Gasteiger partial charge in [0.2, 0.25) is 5.89 Å². The number of hydrogen-bond donors (Lipinski definition) is 1. The number of thiophene rings is 1. The normalized spacial score (nSPS) is 23.0. The zero-order valence-electron chi connectivity index (χ0n) is 10.6. The highest BCUT2D eigenvalue weighted by Gasteiger charge is 2.25. The molecule has 0 atom stereocenters. The average molecular weight is 300 g/mol. The first kappa shape index (κ1) is 14.5. The van der Waals surface area contributed by atoms with Crippen molar-refractivity contribution in [2.45, 2.75) is 31.6 Å². The Bertz CT molecular complexity index is 492. The highest BCUT2D eigenvalue weighted by molar-refractivity contribution is 7.13. The Morgan fingerprint density at radius 2 is 2.05 bits per heavy atom. The van der Waals surface area contributed by atoms with Crippen LogP contribution in [0.15, 0.2) is 21.9 Å². The third-order valence-corrected chi connectivity index (χ3v) is 4.56. The van der Waals surface area contributed by atoms with E-state index in [4.69, 9.17) is 10.2 Å². The van der Waals surface area contributed by atoms with Gasteiger partial charge in [0.25, 0.3) is 5.89 Å². The van der Waals surface area contributed by atoms with Crippen molar-refractivity contribution >= 4 is 23.7 Å². The van der Waals surface area contributed by atoms with Crippen LogP contribution in [0.5, 0.6) is 0 Å². The van der Waals surface area contributed by atoms with Crippen molar-refractivity contribution < 1.29 is 4.42 Å². The van der Waals surface area contributed by atoms with Crippen molar-refractivity contribution in [3.05, 3.63) is 23.4 Å². The molecule has 2 aromatic heterocycles. The molecule has 0 radical (unpaired) electrons. The first-order valence-corrected chi connectivity index (χ1v) is 7.32. The van der Waals surface area contributed by atoms with Crippen molar-refractivity contribution in [2.24, 2.45) is 11.7 Å². The summed E-state index contributed by atoms with van der Waals surface area (Å²) in [4.78, 5) is 1.05. The van der Waals surface area contributed by atoms with Gasteiger partial charge in [0, 0.05) is 5.92 Å². The fourth-order valence-corrected chi connectivity index (χ4v) is 3.19. The quantitative estimate of drug-likeness (QED) is 0.942. The summed E-state index contributed by atoms with van der Waals surface area (Å²) >= 11 is 1.63. The maximum absolute atomic E-state index is 5.79. The molecule has 0 bridgehead atoms. The molecule has 19 heavy (non-hydrogen) atoms. The van der Waals surface area contributed by atoms with Crippen molar-refractivity contribution in [3.63, 3.8) is 0 Å². The molecule has 2 N–H and O–H groups in total. The van der Waals surface area contributed by atoms with Crippen LogP contribution < -0.4 is 5.73 Å². The van der Waals surface area contributed by atoms with Crippen LogP contribution >= 0.6 is 23.7 Å². The van der Waals surface area contributed by atoms with E-state index >= 15 is 0 Å². The Hall–Kier alpha value is -0.910. The highest BCUT2D eigenvalue weighted by atomic mass is 35.5. The van der Waals surface area contributed by atoms with E-state index < -0.39 is 0 Å². The van der Waals surface area contributed by atoms with Crippen molar-refractivity contribution in [3.8, 4) is 10.8 Å². The Labute approximate surface area is 122 Å². The maximum atomic E-state index is 5.79. The van der Waals surface area contributed by atoms with Crippen molar-refractivity contribution in [1.82, 2.24) is 10.2 Å². The number of hydrogen-bond acceptors (Lipinski definition) is 5. The summed E-state index contributed by atoms with van der Waals surface area (Å²) in [5.74, 6) is 2.56. The lowest BCUT2D eigenvalue weighted by atomic mass is 9.82. The minimum absolute atomic E-state index is 0. The minimum atomic E-state index is 0. The molecule has 3 rings (SSSR count). The Kier molecular flexibility index (Phi) is 4.96. The van der Waals surface area contributed by atoms with E-state index in [1.807, 2.05) is 17.5 Å². The minimum Gasteiger partial charge on any atom is -0.420 e. The van der Waals surface area contributed by atoms with Crippen LogP contribution in [0.2, 0.25) is 0 Å². The molecule has 0 unspecified atom stereocenters. The Morgan fingerprint density at radius 3 is 2.68 bits per heavy atom. The number of nitrogens with zero attached hydrogens (tertiary/aromatic N) is 2. The van der Waals surface area contributed by atoms with Gasteiger partial charge in [-0.25, -0.2) is 0 Å². The zero-order valence-corrected chi connectivity index (χ0v) is 12.3. The summed E-state index contributed by atoms with van der Waals surface area (Å²) in [5.41, 5.74) is 5.71. The first-order valence-electron chi connectivity index (χ1n) is 6.44. The third-order valence-electron chi connectivity index (χ3n) is 3.70. The van der Waals surface area contributed by atoms with Gasteiger partial charge in [0.1, 0.15) is 0 Å². The largest absolute Gasteiger partial charge is 0.420 e. The number of halogens is 1. The maximum Gasteiger partial charge on any atom is 0.257 e. The molecular weight excluding hydrogens is 282 g/mol. The summed E-state index contributed by atoms with van der Waals surface area (Å²) in [6.07, 6.45) is 4.59. The summed E-state index contributed by atoms with van der Waals surface area (Å²) in [6, 6.07) is 4.00. The lowest BCUT2D eigenvalue weighted by molar-refractivity contribution is 0.299. The van der Waals surface area contributed by atoms with Gasteiger partial charge in [-0.05, 0) is 49.6 Å². The van der Waals surface area contributed by atoms with Gasteiger partial charge >= 0.3 is 0 Å². The van der Waals surface area contributed by atoms with Crippen LogP contribution in [0.1, 0.15) is 37.5 Å². The Balaban J connectivity index is 0.00000133. The van der Waals surface area contributed by atoms with Crippen molar-refractivity contribution in [2.75, 3.05) is 6.54 Å². The van der Waals surface area contributed by atoms with E-state index in [-0.39, 0.29) is 12.4 Å². The van der Waals surface area contributed by atoms with Crippen LogP contribution in [-0.4, -0.2) is 16.7 Å². The zero-order chi connectivity index (χ0) is 12.4. The van der Waals surface area contributed by atoms with E-state index in [1.165, 1.54) is 12.8 Å². The molecule has 2 aromatic rings. The number of aromatic nitrogens is 2. The molecule has 1 fully saturated rings. The summed E-state index contributed by atoms with van der Waals surface area (Å²) in [7, 11) is 0. The lowest BCUT2D eigenvalue weighted by Crippen LogP contribution is -2.20. The molecule has 6 heteroatoms. The predicted molar refractivity (Wildman–Crippen MR) is 78.6 cm³/mol. The molecule has 0 spiro atoms. The van der Waals surface area contributed by atoms with Gasteiger partial charge in [-0.15, -0.1) is 33.9 Å². The second kappa shape index (κ2) is 6.50. The van der Waals surface area contributed by atoms with Gasteiger partial charge in [0.15, 0.2) is 0 Å². The summed E-state index contributed by atoms with van der Waals surface area (Å²) in [5, 5.41) is 10.4. The molecule has 2 heterocycles. The monoisotopic (exact) mass is 299 g/mol.